The lowest BCUT2D eigenvalue weighted by molar-refractivity contribution is 0.481. The average molecular weight is 653 g/mol. The first-order valence-corrected chi connectivity index (χ1v) is 18.1. The molecule has 51 heavy (non-hydrogen) atoms. The molecule has 0 bridgehead atoms. The largest absolute Gasteiger partial charge is 0.456 e. The average Bonchev–Trinajstić information content (AvgIpc) is 3.34. The van der Waals surface area contributed by atoms with Crippen molar-refractivity contribution in [1.29, 1.82) is 0 Å². The Bertz CT molecular complexity index is 2640. The van der Waals surface area contributed by atoms with Gasteiger partial charge in [-0.3, -0.25) is 0 Å². The zero-order chi connectivity index (χ0) is 33.7. The van der Waals surface area contributed by atoms with Crippen molar-refractivity contribution in [2.45, 2.75) is 25.7 Å². The topological polar surface area (TPSA) is 9.23 Å². The van der Waals surface area contributed by atoms with E-state index < -0.39 is 0 Å². The van der Waals surface area contributed by atoms with Crippen LogP contribution in [0.25, 0.3) is 66.1 Å². The summed E-state index contributed by atoms with van der Waals surface area (Å²) in [5, 5.41) is 5.12. The van der Waals surface area contributed by atoms with E-state index in [4.69, 9.17) is 4.74 Å². The summed E-state index contributed by atoms with van der Waals surface area (Å²) in [4.78, 5) is 0. The molecule has 1 heterocycles. The molecule has 0 atom stereocenters. The lowest BCUT2D eigenvalue weighted by Gasteiger charge is -2.19. The van der Waals surface area contributed by atoms with Crippen LogP contribution in [0.15, 0.2) is 170 Å². The van der Waals surface area contributed by atoms with E-state index in [0.29, 0.717) is 0 Å². The number of fused-ring (bicyclic) bond motifs is 6. The Morgan fingerprint density at radius 1 is 0.392 bits per heavy atom. The van der Waals surface area contributed by atoms with Crippen molar-refractivity contribution < 1.29 is 4.74 Å². The van der Waals surface area contributed by atoms with Gasteiger partial charge in [0.1, 0.15) is 11.5 Å². The number of benzene rings is 7. The summed E-state index contributed by atoms with van der Waals surface area (Å²) in [7, 11) is 0. The smallest absolute Gasteiger partial charge is 0.135 e. The van der Waals surface area contributed by atoms with Crippen LogP contribution in [-0.2, 0) is 0 Å². The van der Waals surface area contributed by atoms with Gasteiger partial charge in [0, 0.05) is 11.1 Å². The summed E-state index contributed by atoms with van der Waals surface area (Å²) in [6, 6.07) is 53.2. The quantitative estimate of drug-likeness (QED) is 0.184. The number of hydrogen-bond donors (Lipinski definition) is 0. The fraction of sp³-hybridized carbons (Fsp3) is 0.0800. The first-order chi connectivity index (χ1) is 25.2. The number of ether oxygens (including phenoxy) is 1. The summed E-state index contributed by atoms with van der Waals surface area (Å²) in [6.45, 7) is 0. The van der Waals surface area contributed by atoms with E-state index in [1.165, 1.54) is 88.3 Å². The molecule has 0 radical (unpaired) electrons. The molecule has 0 amide bonds. The van der Waals surface area contributed by atoms with Crippen molar-refractivity contribution >= 4 is 43.8 Å². The van der Waals surface area contributed by atoms with Gasteiger partial charge in [0.25, 0.3) is 0 Å². The minimum absolute atomic E-state index is 0.924. The third kappa shape index (κ3) is 5.43. The molecule has 0 spiro atoms. The maximum Gasteiger partial charge on any atom is 0.135 e. The normalized spacial score (nSPS) is 15.0. The van der Waals surface area contributed by atoms with Gasteiger partial charge in [0.2, 0.25) is 0 Å². The minimum Gasteiger partial charge on any atom is -0.456 e. The lowest BCUT2D eigenvalue weighted by atomic mass is 9.85. The molecule has 0 saturated heterocycles. The third-order valence-corrected chi connectivity index (χ3v) is 10.9. The summed E-state index contributed by atoms with van der Waals surface area (Å²) < 4.78 is 6.74. The van der Waals surface area contributed by atoms with E-state index in [9.17, 15) is 0 Å². The summed E-state index contributed by atoms with van der Waals surface area (Å²) in [6.07, 6.45) is 13.4. The molecule has 1 aliphatic heterocycles. The van der Waals surface area contributed by atoms with E-state index in [2.05, 4.69) is 170 Å². The molecule has 7 aromatic rings. The van der Waals surface area contributed by atoms with Gasteiger partial charge in [0.15, 0.2) is 0 Å². The van der Waals surface area contributed by atoms with Gasteiger partial charge >= 0.3 is 0 Å². The van der Waals surface area contributed by atoms with Crippen LogP contribution in [0, 0.1) is 0 Å². The Kier molecular flexibility index (Phi) is 7.17. The van der Waals surface area contributed by atoms with Gasteiger partial charge in [-0.2, -0.15) is 0 Å². The van der Waals surface area contributed by atoms with Crippen LogP contribution in [-0.4, -0.2) is 0 Å². The Balaban J connectivity index is 0.969. The predicted molar refractivity (Wildman–Crippen MR) is 216 cm³/mol. The molecule has 1 nitrogen and oxygen atoms in total. The van der Waals surface area contributed by atoms with Crippen molar-refractivity contribution in [3.8, 4) is 33.8 Å². The molecule has 0 unspecified atom stereocenters. The Morgan fingerprint density at radius 2 is 0.882 bits per heavy atom. The minimum atomic E-state index is 0.924. The monoisotopic (exact) mass is 652 g/mol. The van der Waals surface area contributed by atoms with E-state index in [1.54, 1.807) is 0 Å². The zero-order valence-corrected chi connectivity index (χ0v) is 28.4. The summed E-state index contributed by atoms with van der Waals surface area (Å²) >= 11 is 0. The highest BCUT2D eigenvalue weighted by Gasteiger charge is 2.25. The van der Waals surface area contributed by atoms with Gasteiger partial charge in [-0.15, -0.1) is 0 Å². The van der Waals surface area contributed by atoms with Crippen LogP contribution in [0.4, 0.5) is 0 Å². The lowest BCUT2D eigenvalue weighted by Crippen LogP contribution is -1.97. The number of allylic oxidation sites excluding steroid dienone is 8. The molecular formula is C50H36O. The molecule has 0 saturated carbocycles. The fourth-order valence-electron chi connectivity index (χ4n) is 8.11. The molecular weight excluding hydrogens is 617 g/mol. The number of rotatable bonds is 4. The Morgan fingerprint density at radius 3 is 1.55 bits per heavy atom. The van der Waals surface area contributed by atoms with Crippen molar-refractivity contribution in [2.75, 3.05) is 0 Å². The molecule has 3 aliphatic rings. The van der Waals surface area contributed by atoms with Crippen molar-refractivity contribution in [1.82, 2.24) is 0 Å². The van der Waals surface area contributed by atoms with Crippen LogP contribution in [0.2, 0.25) is 0 Å². The highest BCUT2D eigenvalue weighted by atomic mass is 16.5. The second-order valence-electron chi connectivity index (χ2n) is 13.9. The Labute approximate surface area is 299 Å². The molecule has 0 N–H and O–H groups in total. The van der Waals surface area contributed by atoms with Crippen LogP contribution < -0.4 is 4.74 Å². The van der Waals surface area contributed by atoms with Crippen LogP contribution in [0.3, 0.4) is 0 Å². The van der Waals surface area contributed by atoms with E-state index in [0.717, 1.165) is 37.2 Å². The molecule has 10 rings (SSSR count). The van der Waals surface area contributed by atoms with E-state index in [1.807, 2.05) is 0 Å². The predicted octanol–water partition coefficient (Wildman–Crippen LogP) is 14.0. The summed E-state index contributed by atoms with van der Waals surface area (Å²) in [5.74, 6) is 1.86. The van der Waals surface area contributed by atoms with Gasteiger partial charge in [-0.05, 0) is 139 Å². The molecule has 7 aromatic carbocycles. The molecule has 1 heteroatoms. The van der Waals surface area contributed by atoms with Crippen LogP contribution >= 0.6 is 0 Å². The van der Waals surface area contributed by atoms with Crippen LogP contribution in [0.5, 0.6) is 11.5 Å². The Hall–Kier alpha value is -6.18. The first-order valence-electron chi connectivity index (χ1n) is 18.1. The second kappa shape index (κ2) is 12.3. The van der Waals surface area contributed by atoms with Crippen LogP contribution in [0.1, 0.15) is 47.9 Å². The molecule has 0 fully saturated rings. The van der Waals surface area contributed by atoms with Gasteiger partial charge in [-0.1, -0.05) is 133 Å². The van der Waals surface area contributed by atoms with Gasteiger partial charge in [-0.25, -0.2) is 0 Å². The highest BCUT2D eigenvalue weighted by Crippen LogP contribution is 2.48. The third-order valence-electron chi connectivity index (χ3n) is 10.9. The van der Waals surface area contributed by atoms with E-state index in [-0.39, 0.29) is 0 Å². The summed E-state index contributed by atoms with van der Waals surface area (Å²) in [5.41, 5.74) is 15.3. The molecule has 2 aliphatic carbocycles. The van der Waals surface area contributed by atoms with Gasteiger partial charge in [0.05, 0.1) is 0 Å². The zero-order valence-electron chi connectivity index (χ0n) is 28.4. The standard InChI is InChI=1S/C50H36O/c1-3-9-39-29-41(23-21-33(39)7-1)35-13-17-37(18-14-35)43-25-27-49-47(31-43)45-11-5-6-12-46(45)48-32-44(26-28-50(48)51-49)38-19-15-36(16-20-38)42-24-22-34-8-2-4-10-40(34)30-42/h1-5,7-11,13,15-17,19-32H,6,12,14,18H2. The van der Waals surface area contributed by atoms with Gasteiger partial charge < -0.3 is 4.74 Å². The van der Waals surface area contributed by atoms with E-state index >= 15 is 0 Å². The molecule has 0 aromatic heterocycles. The maximum absolute atomic E-state index is 6.74. The highest BCUT2D eigenvalue weighted by molar-refractivity contribution is 6.01. The number of hydrogen-bond acceptors (Lipinski definition) is 1. The SMILES string of the molecule is C1=CC2=C(CC1)c1cc(-c3ccc(-c4ccc5ccccc5c4)cc3)ccc1Oc1ccc(C3=CC=C(c4ccc5ccccc5c4)CC3)cc12. The van der Waals surface area contributed by atoms with Crippen molar-refractivity contribution in [3.05, 3.63) is 192 Å². The van der Waals surface area contributed by atoms with Crippen molar-refractivity contribution in [2.24, 2.45) is 0 Å². The second-order valence-corrected chi connectivity index (χ2v) is 13.9. The van der Waals surface area contributed by atoms with Crippen molar-refractivity contribution in [3.63, 3.8) is 0 Å². The maximum atomic E-state index is 6.74. The molecule has 242 valence electrons. The fourth-order valence-corrected chi connectivity index (χ4v) is 8.11. The first kappa shape index (κ1) is 29.7.